The number of thiophene rings is 1. The molecule has 1 aromatic rings. The molecule has 0 saturated carbocycles. The summed E-state index contributed by atoms with van der Waals surface area (Å²) < 4.78 is 5.33. The second-order valence-electron chi connectivity index (χ2n) is 5.86. The molecule has 0 atom stereocenters. The molecule has 1 N–H and O–H groups in total. The Balaban J connectivity index is 1.80. The molecule has 3 amide bonds. The monoisotopic (exact) mass is 311 g/mol. The normalized spacial score (nSPS) is 15.8. The lowest BCUT2D eigenvalue weighted by Crippen LogP contribution is -2.52. The van der Waals surface area contributed by atoms with E-state index in [1.807, 2.05) is 38.3 Å². The summed E-state index contributed by atoms with van der Waals surface area (Å²) in [6, 6.07) is 3.63. The Morgan fingerprint density at radius 2 is 1.81 bits per heavy atom. The van der Waals surface area contributed by atoms with Gasteiger partial charge in [0.25, 0.3) is 0 Å². The van der Waals surface area contributed by atoms with Gasteiger partial charge in [0.15, 0.2) is 0 Å². The summed E-state index contributed by atoms with van der Waals surface area (Å²) in [6.07, 6.45) is -0.319. The molecular weight excluding hydrogens is 290 g/mol. The van der Waals surface area contributed by atoms with Crippen LogP contribution in [-0.2, 0) is 4.74 Å². The van der Waals surface area contributed by atoms with Crippen molar-refractivity contribution in [2.75, 3.05) is 31.5 Å². The highest BCUT2D eigenvalue weighted by Gasteiger charge is 2.27. The summed E-state index contributed by atoms with van der Waals surface area (Å²) in [7, 11) is 0. The molecule has 0 spiro atoms. The van der Waals surface area contributed by atoms with Gasteiger partial charge < -0.3 is 14.5 Å². The van der Waals surface area contributed by atoms with E-state index < -0.39 is 5.60 Å². The summed E-state index contributed by atoms with van der Waals surface area (Å²) in [6.45, 7) is 7.54. The molecule has 1 aliphatic rings. The van der Waals surface area contributed by atoms with Crippen molar-refractivity contribution in [3.63, 3.8) is 0 Å². The number of hydrogen-bond acceptors (Lipinski definition) is 4. The predicted octanol–water partition coefficient (Wildman–Crippen LogP) is 2.83. The molecule has 7 heteroatoms. The Labute approximate surface area is 128 Å². The zero-order chi connectivity index (χ0) is 15.5. The van der Waals surface area contributed by atoms with E-state index in [1.54, 1.807) is 9.80 Å². The maximum Gasteiger partial charge on any atom is 0.410 e. The van der Waals surface area contributed by atoms with Gasteiger partial charge in [-0.15, -0.1) is 11.3 Å². The third kappa shape index (κ3) is 4.63. The van der Waals surface area contributed by atoms with Crippen LogP contribution in [0.5, 0.6) is 0 Å². The van der Waals surface area contributed by atoms with Crippen molar-refractivity contribution in [3.05, 3.63) is 17.5 Å². The zero-order valence-corrected chi connectivity index (χ0v) is 13.4. The molecule has 116 valence electrons. The van der Waals surface area contributed by atoms with Crippen LogP contribution >= 0.6 is 11.3 Å². The molecule has 0 aromatic carbocycles. The van der Waals surface area contributed by atoms with Crippen molar-refractivity contribution in [3.8, 4) is 0 Å². The summed E-state index contributed by atoms with van der Waals surface area (Å²) in [4.78, 5) is 27.3. The molecule has 2 rings (SSSR count). The van der Waals surface area contributed by atoms with Crippen LogP contribution < -0.4 is 5.32 Å². The maximum absolute atomic E-state index is 12.1. The number of urea groups is 1. The highest BCUT2D eigenvalue weighted by Crippen LogP contribution is 2.16. The molecular formula is C14H21N3O3S. The van der Waals surface area contributed by atoms with E-state index in [2.05, 4.69) is 5.32 Å². The molecule has 0 unspecified atom stereocenters. The molecule has 6 nitrogen and oxygen atoms in total. The highest BCUT2D eigenvalue weighted by molar-refractivity contribution is 7.14. The minimum atomic E-state index is -0.495. The van der Waals surface area contributed by atoms with Crippen molar-refractivity contribution in [2.24, 2.45) is 0 Å². The summed E-state index contributed by atoms with van der Waals surface area (Å²) in [5.41, 5.74) is -0.495. The molecule has 1 aromatic heterocycles. The van der Waals surface area contributed by atoms with Gasteiger partial charge in [-0.25, -0.2) is 9.59 Å². The van der Waals surface area contributed by atoms with Gasteiger partial charge >= 0.3 is 12.1 Å². The van der Waals surface area contributed by atoms with Crippen LogP contribution in [0.3, 0.4) is 0 Å². The van der Waals surface area contributed by atoms with Crippen LogP contribution in [0.25, 0.3) is 0 Å². The number of hydrogen-bond donors (Lipinski definition) is 1. The second kappa shape index (κ2) is 6.34. The van der Waals surface area contributed by atoms with Crippen molar-refractivity contribution < 1.29 is 14.3 Å². The Morgan fingerprint density at radius 3 is 2.33 bits per heavy atom. The SMILES string of the molecule is CC(C)(C)OC(=O)N1CCN(C(=O)Nc2cccs2)CC1. The van der Waals surface area contributed by atoms with Crippen LogP contribution in [0.2, 0.25) is 0 Å². The largest absolute Gasteiger partial charge is 0.444 e. The lowest BCUT2D eigenvalue weighted by Gasteiger charge is -2.35. The third-order valence-electron chi connectivity index (χ3n) is 2.97. The van der Waals surface area contributed by atoms with Crippen molar-refractivity contribution in [1.29, 1.82) is 0 Å². The number of piperazine rings is 1. The molecule has 0 bridgehead atoms. The van der Waals surface area contributed by atoms with Gasteiger partial charge in [-0.2, -0.15) is 0 Å². The number of nitrogens with one attached hydrogen (secondary N) is 1. The van der Waals surface area contributed by atoms with Crippen LogP contribution in [0.1, 0.15) is 20.8 Å². The fourth-order valence-electron chi connectivity index (χ4n) is 1.95. The van der Waals surface area contributed by atoms with E-state index in [9.17, 15) is 9.59 Å². The molecule has 1 saturated heterocycles. The summed E-state index contributed by atoms with van der Waals surface area (Å²) in [5, 5.41) is 5.59. The van der Waals surface area contributed by atoms with Crippen molar-refractivity contribution in [2.45, 2.75) is 26.4 Å². The standard InChI is InChI=1S/C14H21N3O3S/c1-14(2,3)20-13(19)17-8-6-16(7-9-17)12(18)15-11-5-4-10-21-11/h4-5,10H,6-9H2,1-3H3,(H,15,18). The third-order valence-corrected chi connectivity index (χ3v) is 3.76. The molecule has 1 aliphatic heterocycles. The number of carbonyl (C=O) groups excluding carboxylic acids is 2. The number of nitrogens with zero attached hydrogens (tertiary/aromatic N) is 2. The van der Waals surface area contributed by atoms with Gasteiger partial charge in [-0.1, -0.05) is 0 Å². The van der Waals surface area contributed by atoms with E-state index >= 15 is 0 Å². The molecule has 21 heavy (non-hydrogen) atoms. The Hall–Kier alpha value is -1.76. The predicted molar refractivity (Wildman–Crippen MR) is 82.7 cm³/mol. The van der Waals surface area contributed by atoms with E-state index in [1.165, 1.54) is 11.3 Å². The van der Waals surface area contributed by atoms with Gasteiger partial charge in [-0.05, 0) is 38.3 Å². The van der Waals surface area contributed by atoms with Gasteiger partial charge in [-0.3, -0.25) is 5.32 Å². The van der Waals surface area contributed by atoms with E-state index in [0.29, 0.717) is 26.2 Å². The summed E-state index contributed by atoms with van der Waals surface area (Å²) >= 11 is 1.48. The number of carbonyl (C=O) groups is 2. The first-order valence-electron chi connectivity index (χ1n) is 6.92. The highest BCUT2D eigenvalue weighted by atomic mass is 32.1. The Kier molecular flexibility index (Phi) is 4.72. The minimum absolute atomic E-state index is 0.124. The van der Waals surface area contributed by atoms with E-state index in [4.69, 9.17) is 4.74 Å². The zero-order valence-electron chi connectivity index (χ0n) is 12.6. The molecule has 0 radical (unpaired) electrons. The van der Waals surface area contributed by atoms with Gasteiger partial charge in [0.05, 0.1) is 5.00 Å². The first kappa shape index (κ1) is 15.6. The van der Waals surface area contributed by atoms with Crippen LogP contribution in [0.15, 0.2) is 17.5 Å². The smallest absolute Gasteiger partial charge is 0.410 e. The number of rotatable bonds is 1. The van der Waals surface area contributed by atoms with Crippen molar-refractivity contribution >= 4 is 28.5 Å². The van der Waals surface area contributed by atoms with E-state index in [0.717, 1.165) is 5.00 Å². The topological polar surface area (TPSA) is 61.9 Å². The fourth-order valence-corrected chi connectivity index (χ4v) is 2.56. The quantitative estimate of drug-likeness (QED) is 0.867. The number of amides is 3. The fraction of sp³-hybridized carbons (Fsp3) is 0.571. The second-order valence-corrected chi connectivity index (χ2v) is 6.81. The Bertz CT molecular complexity index is 488. The van der Waals surface area contributed by atoms with E-state index in [-0.39, 0.29) is 12.1 Å². The van der Waals surface area contributed by atoms with Gasteiger partial charge in [0.2, 0.25) is 0 Å². The average Bonchev–Trinajstić information content (AvgIpc) is 2.90. The lowest BCUT2D eigenvalue weighted by molar-refractivity contribution is 0.0174. The minimum Gasteiger partial charge on any atom is -0.444 e. The maximum atomic E-state index is 12.1. The molecule has 0 aliphatic carbocycles. The molecule has 1 fully saturated rings. The summed E-state index contributed by atoms with van der Waals surface area (Å²) in [5.74, 6) is 0. The first-order valence-corrected chi connectivity index (χ1v) is 7.80. The van der Waals surface area contributed by atoms with Gasteiger partial charge in [0, 0.05) is 26.2 Å². The number of anilines is 1. The van der Waals surface area contributed by atoms with Gasteiger partial charge in [0.1, 0.15) is 5.60 Å². The number of ether oxygens (including phenoxy) is 1. The average molecular weight is 311 g/mol. The van der Waals surface area contributed by atoms with Crippen LogP contribution in [-0.4, -0.2) is 53.7 Å². The first-order chi connectivity index (χ1) is 9.85. The van der Waals surface area contributed by atoms with Crippen molar-refractivity contribution in [1.82, 2.24) is 9.80 Å². The Morgan fingerprint density at radius 1 is 1.19 bits per heavy atom. The van der Waals surface area contributed by atoms with Crippen LogP contribution in [0, 0.1) is 0 Å². The molecule has 2 heterocycles. The lowest BCUT2D eigenvalue weighted by atomic mass is 10.2. The van der Waals surface area contributed by atoms with Crippen LogP contribution in [0.4, 0.5) is 14.6 Å².